The summed E-state index contributed by atoms with van der Waals surface area (Å²) in [6.07, 6.45) is 2.81. The molecular weight excluding hydrogens is 192 g/mol. The first kappa shape index (κ1) is 9.09. The van der Waals surface area contributed by atoms with Crippen LogP contribution in [-0.2, 0) is 6.42 Å². The smallest absolute Gasteiger partial charge is 0.105 e. The third-order valence-electron chi connectivity index (χ3n) is 1.99. The quantitative estimate of drug-likeness (QED) is 0.715. The topological polar surface area (TPSA) is 25.8 Å². The zero-order valence-corrected chi connectivity index (χ0v) is 8.50. The molecule has 1 heterocycles. The lowest BCUT2D eigenvalue weighted by Crippen LogP contribution is -1.82. The van der Waals surface area contributed by atoms with E-state index in [0.29, 0.717) is 0 Å². The molecule has 0 spiro atoms. The zero-order valence-electron chi connectivity index (χ0n) is 7.68. The summed E-state index contributed by atoms with van der Waals surface area (Å²) < 4.78 is 3.83. The maximum atomic E-state index is 4.01. The highest BCUT2D eigenvalue weighted by Gasteiger charge is 1.99. The van der Waals surface area contributed by atoms with Crippen molar-refractivity contribution in [2.24, 2.45) is 0 Å². The van der Waals surface area contributed by atoms with Gasteiger partial charge < -0.3 is 0 Å². The Bertz CT molecular complexity index is 403. The lowest BCUT2D eigenvalue weighted by Gasteiger charge is -1.98. The number of hydrogen-bond donors (Lipinski definition) is 0. The van der Waals surface area contributed by atoms with E-state index in [4.69, 9.17) is 0 Å². The van der Waals surface area contributed by atoms with Crippen molar-refractivity contribution in [3.05, 3.63) is 47.9 Å². The molecular formula is C11H10N2S. The first-order valence-corrected chi connectivity index (χ1v) is 5.21. The number of allylic oxidation sites excluding steroid dienone is 1. The van der Waals surface area contributed by atoms with E-state index in [2.05, 4.69) is 40.4 Å². The van der Waals surface area contributed by atoms with E-state index in [-0.39, 0.29) is 0 Å². The SMILES string of the molecule is C=CCc1ccc(-c2csnn2)cc1. The molecule has 0 atom stereocenters. The van der Waals surface area contributed by atoms with Crippen LogP contribution >= 0.6 is 11.5 Å². The normalized spacial score (nSPS) is 10.0. The molecule has 0 aliphatic heterocycles. The molecule has 0 unspecified atom stereocenters. The number of nitrogens with zero attached hydrogens (tertiary/aromatic N) is 2. The summed E-state index contributed by atoms with van der Waals surface area (Å²) >= 11 is 1.37. The van der Waals surface area contributed by atoms with Gasteiger partial charge in [-0.3, -0.25) is 0 Å². The Morgan fingerprint density at radius 1 is 1.29 bits per heavy atom. The van der Waals surface area contributed by atoms with Crippen LogP contribution in [0.3, 0.4) is 0 Å². The highest BCUT2D eigenvalue weighted by molar-refractivity contribution is 7.03. The lowest BCUT2D eigenvalue weighted by molar-refractivity contribution is 1.16. The van der Waals surface area contributed by atoms with Crippen LogP contribution in [0.2, 0.25) is 0 Å². The van der Waals surface area contributed by atoms with Gasteiger partial charge in [0.2, 0.25) is 0 Å². The molecule has 0 bridgehead atoms. The second kappa shape index (κ2) is 4.15. The average Bonchev–Trinajstić information content (AvgIpc) is 2.72. The monoisotopic (exact) mass is 202 g/mol. The van der Waals surface area contributed by atoms with E-state index in [9.17, 15) is 0 Å². The van der Waals surface area contributed by atoms with E-state index in [1.54, 1.807) is 0 Å². The highest BCUT2D eigenvalue weighted by Crippen LogP contribution is 2.18. The Hall–Kier alpha value is -1.48. The van der Waals surface area contributed by atoms with Crippen molar-refractivity contribution in [2.45, 2.75) is 6.42 Å². The van der Waals surface area contributed by atoms with Crippen molar-refractivity contribution in [1.82, 2.24) is 9.59 Å². The molecule has 0 saturated carbocycles. The molecule has 1 aromatic heterocycles. The fraction of sp³-hybridized carbons (Fsp3) is 0.0909. The first-order chi connectivity index (χ1) is 6.90. The molecule has 2 nitrogen and oxygen atoms in total. The maximum Gasteiger partial charge on any atom is 0.105 e. The number of aromatic nitrogens is 2. The number of benzene rings is 1. The van der Waals surface area contributed by atoms with E-state index in [0.717, 1.165) is 17.7 Å². The summed E-state index contributed by atoms with van der Waals surface area (Å²) in [5.74, 6) is 0. The molecule has 0 saturated heterocycles. The summed E-state index contributed by atoms with van der Waals surface area (Å²) in [7, 11) is 0. The van der Waals surface area contributed by atoms with Crippen LogP contribution in [0.1, 0.15) is 5.56 Å². The fourth-order valence-electron chi connectivity index (χ4n) is 1.27. The van der Waals surface area contributed by atoms with Gasteiger partial charge in [-0.05, 0) is 23.5 Å². The summed E-state index contributed by atoms with van der Waals surface area (Å²) in [4.78, 5) is 0. The van der Waals surface area contributed by atoms with E-state index in [1.165, 1.54) is 17.1 Å². The van der Waals surface area contributed by atoms with E-state index >= 15 is 0 Å². The van der Waals surface area contributed by atoms with Gasteiger partial charge in [-0.15, -0.1) is 11.7 Å². The standard InChI is InChI=1S/C11H10N2S/c1-2-3-9-4-6-10(7-5-9)11-8-14-13-12-11/h2,4-8H,1,3H2. The Labute approximate surface area is 87.1 Å². The van der Waals surface area contributed by atoms with Crippen LogP contribution in [0.5, 0.6) is 0 Å². The van der Waals surface area contributed by atoms with Crippen LogP contribution in [-0.4, -0.2) is 9.59 Å². The highest BCUT2D eigenvalue weighted by atomic mass is 32.1. The fourth-order valence-corrected chi connectivity index (χ4v) is 1.73. The average molecular weight is 202 g/mol. The lowest BCUT2D eigenvalue weighted by atomic mass is 10.1. The van der Waals surface area contributed by atoms with Crippen LogP contribution in [0.4, 0.5) is 0 Å². The third kappa shape index (κ3) is 1.88. The van der Waals surface area contributed by atoms with Crippen LogP contribution in [0.25, 0.3) is 11.3 Å². The van der Waals surface area contributed by atoms with Crippen LogP contribution in [0.15, 0.2) is 42.3 Å². The Balaban J connectivity index is 2.26. The summed E-state index contributed by atoms with van der Waals surface area (Å²) in [5.41, 5.74) is 3.33. The van der Waals surface area contributed by atoms with Crippen molar-refractivity contribution in [2.75, 3.05) is 0 Å². The molecule has 2 rings (SSSR count). The molecule has 0 aliphatic carbocycles. The van der Waals surface area contributed by atoms with Crippen molar-refractivity contribution >= 4 is 11.5 Å². The summed E-state index contributed by atoms with van der Waals surface area (Å²) in [6, 6.07) is 8.32. The van der Waals surface area contributed by atoms with E-state index < -0.39 is 0 Å². The predicted molar refractivity (Wildman–Crippen MR) is 59.2 cm³/mol. The van der Waals surface area contributed by atoms with Crippen LogP contribution in [0, 0.1) is 0 Å². The predicted octanol–water partition coefficient (Wildman–Crippen LogP) is 2.93. The minimum atomic E-state index is 0.912. The molecule has 0 radical (unpaired) electrons. The minimum absolute atomic E-state index is 0.912. The number of hydrogen-bond acceptors (Lipinski definition) is 3. The molecule has 0 amide bonds. The molecule has 0 aliphatic rings. The van der Waals surface area contributed by atoms with Crippen molar-refractivity contribution < 1.29 is 0 Å². The summed E-state index contributed by atoms with van der Waals surface area (Å²) in [5, 5.41) is 5.96. The minimum Gasteiger partial charge on any atom is -0.138 e. The molecule has 0 fully saturated rings. The van der Waals surface area contributed by atoms with Gasteiger partial charge in [0.25, 0.3) is 0 Å². The van der Waals surface area contributed by atoms with Crippen molar-refractivity contribution in [3.8, 4) is 11.3 Å². The second-order valence-electron chi connectivity index (χ2n) is 2.98. The molecule has 2 aromatic rings. The molecule has 0 N–H and O–H groups in total. The first-order valence-electron chi connectivity index (χ1n) is 4.37. The van der Waals surface area contributed by atoms with Gasteiger partial charge in [0.15, 0.2) is 0 Å². The van der Waals surface area contributed by atoms with Crippen molar-refractivity contribution in [1.29, 1.82) is 0 Å². The Morgan fingerprint density at radius 2 is 2.07 bits per heavy atom. The molecule has 70 valence electrons. The van der Waals surface area contributed by atoms with E-state index in [1.807, 2.05) is 11.5 Å². The van der Waals surface area contributed by atoms with Gasteiger partial charge >= 0.3 is 0 Å². The third-order valence-corrected chi connectivity index (χ3v) is 2.49. The second-order valence-corrected chi connectivity index (χ2v) is 3.59. The van der Waals surface area contributed by atoms with Gasteiger partial charge in [0.05, 0.1) is 0 Å². The van der Waals surface area contributed by atoms with Gasteiger partial charge in [0, 0.05) is 10.9 Å². The number of rotatable bonds is 3. The van der Waals surface area contributed by atoms with Crippen molar-refractivity contribution in [3.63, 3.8) is 0 Å². The summed E-state index contributed by atoms with van der Waals surface area (Å²) in [6.45, 7) is 3.71. The van der Waals surface area contributed by atoms with Crippen LogP contribution < -0.4 is 0 Å². The van der Waals surface area contributed by atoms with Gasteiger partial charge in [-0.2, -0.15) is 0 Å². The molecule has 1 aromatic carbocycles. The Morgan fingerprint density at radius 3 is 2.64 bits per heavy atom. The van der Waals surface area contributed by atoms with Gasteiger partial charge in [0.1, 0.15) is 5.69 Å². The maximum absolute atomic E-state index is 4.01. The van der Waals surface area contributed by atoms with Gasteiger partial charge in [-0.25, -0.2) is 0 Å². The largest absolute Gasteiger partial charge is 0.138 e. The molecule has 14 heavy (non-hydrogen) atoms. The Kier molecular flexibility index (Phi) is 2.70. The van der Waals surface area contributed by atoms with Gasteiger partial charge in [-0.1, -0.05) is 34.8 Å². The molecule has 3 heteroatoms. The zero-order chi connectivity index (χ0) is 9.80.